The minimum Gasteiger partial charge on any atom is -0.456 e. The van der Waals surface area contributed by atoms with Crippen LogP contribution in [0.25, 0.3) is 32.7 Å². The number of fused-ring (bicyclic) bond motifs is 4. The van der Waals surface area contributed by atoms with Crippen molar-refractivity contribution in [1.29, 1.82) is 0 Å². The summed E-state index contributed by atoms with van der Waals surface area (Å²) < 4.78 is 6.17. The molecular formula is C23H17NO. The van der Waals surface area contributed by atoms with Gasteiger partial charge in [-0.2, -0.15) is 0 Å². The van der Waals surface area contributed by atoms with Crippen LogP contribution < -0.4 is 5.32 Å². The van der Waals surface area contributed by atoms with Gasteiger partial charge in [-0.05, 0) is 59.7 Å². The number of furan rings is 1. The zero-order valence-electron chi connectivity index (χ0n) is 13.9. The molecular weight excluding hydrogens is 306 g/mol. The molecule has 2 heteroatoms. The van der Waals surface area contributed by atoms with Crippen LogP contribution in [0, 0.1) is 6.92 Å². The Bertz CT molecular complexity index is 1220. The standard InChI is InChI=1S/C23H17NO/c1-15-11-19(24-18-9-3-2-4-10-18)14-21-20-12-16-7-5-6-8-17(16)13-22(20)25-23(15)21/h2-14,24H,1H3. The second kappa shape index (κ2) is 5.38. The Labute approximate surface area is 145 Å². The van der Waals surface area contributed by atoms with Gasteiger partial charge in [-0.1, -0.05) is 42.5 Å². The lowest BCUT2D eigenvalue weighted by atomic mass is 10.0. The molecule has 25 heavy (non-hydrogen) atoms. The maximum absolute atomic E-state index is 6.17. The average molecular weight is 323 g/mol. The summed E-state index contributed by atoms with van der Waals surface area (Å²) in [6.07, 6.45) is 0. The molecule has 0 aliphatic heterocycles. The van der Waals surface area contributed by atoms with Crippen molar-refractivity contribution < 1.29 is 4.42 Å². The highest BCUT2D eigenvalue weighted by molar-refractivity contribution is 6.11. The summed E-state index contributed by atoms with van der Waals surface area (Å²) in [4.78, 5) is 0. The van der Waals surface area contributed by atoms with Gasteiger partial charge in [-0.3, -0.25) is 0 Å². The Kier molecular flexibility index (Phi) is 3.04. The Morgan fingerprint density at radius 3 is 2.20 bits per heavy atom. The van der Waals surface area contributed by atoms with Gasteiger partial charge in [-0.15, -0.1) is 0 Å². The zero-order valence-corrected chi connectivity index (χ0v) is 13.9. The summed E-state index contributed by atoms with van der Waals surface area (Å²) in [5.74, 6) is 0. The third-order valence-corrected chi connectivity index (χ3v) is 4.69. The van der Waals surface area contributed by atoms with Gasteiger partial charge in [0.15, 0.2) is 0 Å². The summed E-state index contributed by atoms with van der Waals surface area (Å²) >= 11 is 0. The van der Waals surface area contributed by atoms with Crippen LogP contribution in [-0.2, 0) is 0 Å². The molecule has 0 atom stereocenters. The molecule has 2 nitrogen and oxygen atoms in total. The SMILES string of the molecule is Cc1cc(Nc2ccccc2)cc2c1oc1cc3ccccc3cc12. The van der Waals surface area contributed by atoms with Crippen LogP contribution >= 0.6 is 0 Å². The zero-order chi connectivity index (χ0) is 16.8. The molecule has 1 aromatic heterocycles. The predicted octanol–water partition coefficient (Wildman–Crippen LogP) is 6.79. The van der Waals surface area contributed by atoms with Crippen LogP contribution in [0.4, 0.5) is 11.4 Å². The Morgan fingerprint density at radius 1 is 0.680 bits per heavy atom. The summed E-state index contributed by atoms with van der Waals surface area (Å²) in [6, 6.07) is 27.3. The maximum atomic E-state index is 6.17. The Hall–Kier alpha value is -3.26. The molecule has 0 aliphatic rings. The van der Waals surface area contributed by atoms with E-state index < -0.39 is 0 Å². The van der Waals surface area contributed by atoms with Crippen molar-refractivity contribution in [2.24, 2.45) is 0 Å². The minimum atomic E-state index is 0.939. The number of hydrogen-bond acceptors (Lipinski definition) is 2. The van der Waals surface area contributed by atoms with E-state index >= 15 is 0 Å². The van der Waals surface area contributed by atoms with Crippen LogP contribution in [0.1, 0.15) is 5.56 Å². The average Bonchev–Trinajstić information content (AvgIpc) is 2.99. The van der Waals surface area contributed by atoms with Gasteiger partial charge >= 0.3 is 0 Å². The largest absolute Gasteiger partial charge is 0.456 e. The van der Waals surface area contributed by atoms with Gasteiger partial charge in [0, 0.05) is 22.1 Å². The summed E-state index contributed by atoms with van der Waals surface area (Å²) in [7, 11) is 0. The van der Waals surface area contributed by atoms with Gasteiger partial charge < -0.3 is 9.73 Å². The van der Waals surface area contributed by atoms with Crippen molar-refractivity contribution in [3.05, 3.63) is 84.4 Å². The lowest BCUT2D eigenvalue weighted by Gasteiger charge is -2.07. The van der Waals surface area contributed by atoms with E-state index in [-0.39, 0.29) is 0 Å². The Morgan fingerprint density at radius 2 is 1.40 bits per heavy atom. The van der Waals surface area contributed by atoms with Crippen molar-refractivity contribution in [2.75, 3.05) is 5.32 Å². The monoisotopic (exact) mass is 323 g/mol. The van der Waals surface area contributed by atoms with E-state index in [1.807, 2.05) is 18.2 Å². The molecule has 0 spiro atoms. The maximum Gasteiger partial charge on any atom is 0.138 e. The third-order valence-electron chi connectivity index (χ3n) is 4.69. The molecule has 1 heterocycles. The smallest absolute Gasteiger partial charge is 0.138 e. The van der Waals surface area contributed by atoms with Crippen molar-refractivity contribution in [1.82, 2.24) is 0 Å². The number of hydrogen-bond donors (Lipinski definition) is 1. The van der Waals surface area contributed by atoms with E-state index in [0.717, 1.165) is 38.9 Å². The fraction of sp³-hybridized carbons (Fsp3) is 0.0435. The van der Waals surface area contributed by atoms with E-state index in [9.17, 15) is 0 Å². The fourth-order valence-electron chi connectivity index (χ4n) is 3.49. The van der Waals surface area contributed by atoms with Gasteiger partial charge in [0.2, 0.25) is 0 Å². The van der Waals surface area contributed by atoms with Crippen LogP contribution in [0.15, 0.2) is 83.3 Å². The van der Waals surface area contributed by atoms with Crippen molar-refractivity contribution in [2.45, 2.75) is 6.92 Å². The van der Waals surface area contributed by atoms with Crippen LogP contribution in [0.5, 0.6) is 0 Å². The minimum absolute atomic E-state index is 0.939. The van der Waals surface area contributed by atoms with Crippen LogP contribution in [-0.4, -0.2) is 0 Å². The summed E-state index contributed by atoms with van der Waals surface area (Å²) in [5.41, 5.74) is 5.19. The van der Waals surface area contributed by atoms with Crippen LogP contribution in [0.2, 0.25) is 0 Å². The first-order chi connectivity index (χ1) is 12.3. The van der Waals surface area contributed by atoms with E-state index in [0.29, 0.717) is 0 Å². The van der Waals surface area contributed by atoms with Gasteiger partial charge in [0.25, 0.3) is 0 Å². The molecule has 0 saturated carbocycles. The molecule has 0 amide bonds. The molecule has 0 bridgehead atoms. The molecule has 4 aromatic carbocycles. The molecule has 120 valence electrons. The van der Waals surface area contributed by atoms with Gasteiger partial charge in [0.1, 0.15) is 11.2 Å². The van der Waals surface area contributed by atoms with E-state index in [1.54, 1.807) is 0 Å². The number of benzene rings is 4. The Balaban J connectivity index is 1.74. The first-order valence-electron chi connectivity index (χ1n) is 8.46. The highest BCUT2D eigenvalue weighted by atomic mass is 16.3. The lowest BCUT2D eigenvalue weighted by molar-refractivity contribution is 0.666. The number of anilines is 2. The second-order valence-electron chi connectivity index (χ2n) is 6.46. The van der Waals surface area contributed by atoms with Crippen molar-refractivity contribution >= 4 is 44.1 Å². The number of rotatable bonds is 2. The van der Waals surface area contributed by atoms with E-state index in [2.05, 4.69) is 72.9 Å². The van der Waals surface area contributed by atoms with Crippen molar-refractivity contribution in [3.63, 3.8) is 0 Å². The molecule has 0 aliphatic carbocycles. The number of nitrogens with one attached hydrogen (secondary N) is 1. The first kappa shape index (κ1) is 14.1. The first-order valence-corrected chi connectivity index (χ1v) is 8.46. The summed E-state index contributed by atoms with van der Waals surface area (Å²) in [6.45, 7) is 2.10. The molecule has 5 aromatic rings. The molecule has 5 rings (SSSR count). The fourth-order valence-corrected chi connectivity index (χ4v) is 3.49. The van der Waals surface area contributed by atoms with E-state index in [1.165, 1.54) is 10.8 Å². The molecule has 0 radical (unpaired) electrons. The van der Waals surface area contributed by atoms with Crippen molar-refractivity contribution in [3.8, 4) is 0 Å². The second-order valence-corrected chi connectivity index (χ2v) is 6.46. The van der Waals surface area contributed by atoms with E-state index in [4.69, 9.17) is 4.42 Å². The quantitative estimate of drug-likeness (QED) is 0.387. The topological polar surface area (TPSA) is 25.2 Å². The lowest BCUT2D eigenvalue weighted by Crippen LogP contribution is -1.90. The molecule has 0 fully saturated rings. The van der Waals surface area contributed by atoms with Crippen LogP contribution in [0.3, 0.4) is 0 Å². The normalized spacial score (nSPS) is 11.4. The molecule has 0 saturated heterocycles. The van der Waals surface area contributed by atoms with Gasteiger partial charge in [0.05, 0.1) is 0 Å². The van der Waals surface area contributed by atoms with Gasteiger partial charge in [-0.25, -0.2) is 0 Å². The number of para-hydroxylation sites is 1. The molecule has 1 N–H and O–H groups in total. The highest BCUT2D eigenvalue weighted by Crippen LogP contribution is 2.36. The summed E-state index contributed by atoms with van der Waals surface area (Å²) in [5, 5.41) is 8.24. The predicted molar refractivity (Wildman–Crippen MR) is 106 cm³/mol. The highest BCUT2D eigenvalue weighted by Gasteiger charge is 2.12. The number of aryl methyl sites for hydroxylation is 1. The molecule has 0 unspecified atom stereocenters. The third kappa shape index (κ3) is 2.34.